The number of nitrogens with one attached hydrogen (secondary N) is 1. The van der Waals surface area contributed by atoms with E-state index in [1.54, 1.807) is 18.2 Å². The minimum Gasteiger partial charge on any atom is -0.495 e. The molecule has 7 heteroatoms. The second kappa shape index (κ2) is 7.81. The van der Waals surface area contributed by atoms with Crippen LogP contribution in [0.15, 0.2) is 84.5 Å². The Morgan fingerprint density at radius 3 is 2.59 bits per heavy atom. The number of anilines is 1. The molecule has 0 unspecified atom stereocenters. The number of pyridine rings is 1. The SMILES string of the molecule is COc1ccc(-c2cn3ccccc3n2)cc1NS(=O)(=O)/C=C/c1ccccc1. The fourth-order valence-corrected chi connectivity index (χ4v) is 3.81. The summed E-state index contributed by atoms with van der Waals surface area (Å²) in [5.74, 6) is 0.425. The maximum absolute atomic E-state index is 12.6. The molecule has 0 fully saturated rings. The highest BCUT2D eigenvalue weighted by atomic mass is 32.2. The Bertz CT molecular complexity index is 1250. The van der Waals surface area contributed by atoms with Gasteiger partial charge in [-0.3, -0.25) is 4.72 Å². The van der Waals surface area contributed by atoms with Crippen LogP contribution in [0.3, 0.4) is 0 Å². The first kappa shape index (κ1) is 18.8. The van der Waals surface area contributed by atoms with Gasteiger partial charge >= 0.3 is 0 Å². The van der Waals surface area contributed by atoms with Crippen LogP contribution in [0.25, 0.3) is 23.0 Å². The van der Waals surface area contributed by atoms with E-state index in [4.69, 9.17) is 4.74 Å². The Labute approximate surface area is 169 Å². The molecule has 146 valence electrons. The highest BCUT2D eigenvalue weighted by molar-refractivity contribution is 7.95. The van der Waals surface area contributed by atoms with Crippen molar-refractivity contribution in [3.63, 3.8) is 0 Å². The lowest BCUT2D eigenvalue weighted by molar-refractivity contribution is 0.417. The van der Waals surface area contributed by atoms with Gasteiger partial charge in [0.1, 0.15) is 11.4 Å². The van der Waals surface area contributed by atoms with Gasteiger partial charge < -0.3 is 9.14 Å². The van der Waals surface area contributed by atoms with Gasteiger partial charge in [0.2, 0.25) is 0 Å². The molecule has 0 aliphatic carbocycles. The molecule has 2 aromatic heterocycles. The molecule has 0 spiro atoms. The molecule has 0 radical (unpaired) electrons. The van der Waals surface area contributed by atoms with Gasteiger partial charge in [0, 0.05) is 18.0 Å². The quantitative estimate of drug-likeness (QED) is 0.515. The molecule has 0 bridgehead atoms. The van der Waals surface area contributed by atoms with Crippen LogP contribution in [0.2, 0.25) is 0 Å². The third-order valence-electron chi connectivity index (χ3n) is 4.35. The van der Waals surface area contributed by atoms with Crippen molar-refractivity contribution in [3.8, 4) is 17.0 Å². The lowest BCUT2D eigenvalue weighted by Crippen LogP contribution is -2.10. The Morgan fingerprint density at radius 1 is 1.03 bits per heavy atom. The zero-order chi connectivity index (χ0) is 20.3. The van der Waals surface area contributed by atoms with Crippen LogP contribution < -0.4 is 9.46 Å². The average molecular weight is 405 g/mol. The molecule has 6 nitrogen and oxygen atoms in total. The topological polar surface area (TPSA) is 72.7 Å². The number of hydrogen-bond acceptors (Lipinski definition) is 4. The molecule has 2 aromatic carbocycles. The van der Waals surface area contributed by atoms with Gasteiger partial charge in [-0.25, -0.2) is 13.4 Å². The van der Waals surface area contributed by atoms with Gasteiger partial charge in [-0.1, -0.05) is 36.4 Å². The Balaban J connectivity index is 1.65. The second-order valence-electron chi connectivity index (χ2n) is 6.37. The highest BCUT2D eigenvalue weighted by Gasteiger charge is 2.13. The summed E-state index contributed by atoms with van der Waals surface area (Å²) in [7, 11) is -2.23. The van der Waals surface area contributed by atoms with E-state index in [1.165, 1.54) is 7.11 Å². The Hall–Kier alpha value is -3.58. The van der Waals surface area contributed by atoms with Crippen molar-refractivity contribution in [2.24, 2.45) is 0 Å². The van der Waals surface area contributed by atoms with Gasteiger partial charge in [0.25, 0.3) is 10.0 Å². The van der Waals surface area contributed by atoms with Crippen LogP contribution in [-0.2, 0) is 10.0 Å². The minimum absolute atomic E-state index is 0.347. The number of nitrogens with zero attached hydrogens (tertiary/aromatic N) is 2. The molecule has 0 aliphatic rings. The fourth-order valence-electron chi connectivity index (χ4n) is 2.94. The molecule has 0 aliphatic heterocycles. The molecule has 0 atom stereocenters. The molecule has 1 N–H and O–H groups in total. The summed E-state index contributed by atoms with van der Waals surface area (Å²) in [6, 6.07) is 20.3. The molecule has 0 amide bonds. The summed E-state index contributed by atoms with van der Waals surface area (Å²) in [5.41, 5.74) is 3.47. The van der Waals surface area contributed by atoms with Crippen molar-refractivity contribution in [3.05, 3.63) is 90.1 Å². The largest absolute Gasteiger partial charge is 0.495 e. The van der Waals surface area contributed by atoms with E-state index in [0.29, 0.717) is 11.4 Å². The number of aromatic nitrogens is 2. The number of fused-ring (bicyclic) bond motifs is 1. The van der Waals surface area contributed by atoms with Gasteiger partial charge in [-0.15, -0.1) is 0 Å². The standard InChI is InChI=1S/C22H19N3O3S/c1-28-21-11-10-18(20-16-25-13-6-5-9-22(25)23-20)15-19(21)24-29(26,27)14-12-17-7-3-2-4-8-17/h2-16,24H,1H3/b14-12+. The average Bonchev–Trinajstić information content (AvgIpc) is 3.17. The van der Waals surface area contributed by atoms with Crippen LogP contribution in [0.1, 0.15) is 5.56 Å². The van der Waals surface area contributed by atoms with Crippen LogP contribution >= 0.6 is 0 Å². The molecular formula is C22H19N3O3S. The van der Waals surface area contributed by atoms with Gasteiger partial charge in [-0.05, 0) is 42.0 Å². The molecule has 0 saturated heterocycles. The maximum atomic E-state index is 12.6. The van der Waals surface area contributed by atoms with Crippen molar-refractivity contribution in [2.75, 3.05) is 11.8 Å². The molecule has 4 aromatic rings. The van der Waals surface area contributed by atoms with E-state index >= 15 is 0 Å². The summed E-state index contributed by atoms with van der Waals surface area (Å²) in [5, 5.41) is 1.14. The number of rotatable bonds is 6. The van der Waals surface area contributed by atoms with E-state index in [0.717, 1.165) is 27.9 Å². The zero-order valence-corrected chi connectivity index (χ0v) is 16.5. The van der Waals surface area contributed by atoms with Crippen molar-refractivity contribution in [1.82, 2.24) is 9.38 Å². The highest BCUT2D eigenvalue weighted by Crippen LogP contribution is 2.31. The second-order valence-corrected chi connectivity index (χ2v) is 7.93. The van der Waals surface area contributed by atoms with Crippen molar-refractivity contribution >= 4 is 27.4 Å². The summed E-state index contributed by atoms with van der Waals surface area (Å²) in [6.07, 6.45) is 5.35. The lowest BCUT2D eigenvalue weighted by Gasteiger charge is -2.11. The maximum Gasteiger partial charge on any atom is 0.255 e. The molecular weight excluding hydrogens is 386 g/mol. The molecule has 4 rings (SSSR count). The number of imidazole rings is 1. The smallest absolute Gasteiger partial charge is 0.255 e. The molecule has 0 saturated carbocycles. The van der Waals surface area contributed by atoms with Crippen molar-refractivity contribution in [1.29, 1.82) is 0 Å². The predicted molar refractivity (Wildman–Crippen MR) is 115 cm³/mol. The van der Waals surface area contributed by atoms with Crippen LogP contribution in [0.4, 0.5) is 5.69 Å². The van der Waals surface area contributed by atoms with Crippen molar-refractivity contribution in [2.45, 2.75) is 0 Å². The number of methoxy groups -OCH3 is 1. The van der Waals surface area contributed by atoms with E-state index in [2.05, 4.69) is 9.71 Å². The monoisotopic (exact) mass is 405 g/mol. The molecule has 29 heavy (non-hydrogen) atoms. The van der Waals surface area contributed by atoms with Gasteiger partial charge in [0.15, 0.2) is 0 Å². The lowest BCUT2D eigenvalue weighted by atomic mass is 10.1. The predicted octanol–water partition coefficient (Wildman–Crippen LogP) is 4.42. The third-order valence-corrected chi connectivity index (χ3v) is 5.35. The van der Waals surface area contributed by atoms with Crippen LogP contribution in [0.5, 0.6) is 5.75 Å². The first-order chi connectivity index (χ1) is 14.0. The van der Waals surface area contributed by atoms with Gasteiger partial charge in [-0.2, -0.15) is 0 Å². The normalized spacial score (nSPS) is 11.8. The Morgan fingerprint density at radius 2 is 1.83 bits per heavy atom. The summed E-state index contributed by atoms with van der Waals surface area (Å²) < 4.78 is 34.9. The fraction of sp³-hybridized carbons (Fsp3) is 0.0455. The number of hydrogen-bond donors (Lipinski definition) is 1. The summed E-state index contributed by atoms with van der Waals surface area (Å²) in [6.45, 7) is 0. The van der Waals surface area contributed by atoms with Crippen LogP contribution in [-0.4, -0.2) is 24.9 Å². The third kappa shape index (κ3) is 4.30. The van der Waals surface area contributed by atoms with Crippen molar-refractivity contribution < 1.29 is 13.2 Å². The number of sulfonamides is 1. The number of ether oxygens (including phenoxy) is 1. The first-order valence-corrected chi connectivity index (χ1v) is 10.5. The van der Waals surface area contributed by atoms with E-state index < -0.39 is 10.0 Å². The summed E-state index contributed by atoms with van der Waals surface area (Å²) >= 11 is 0. The molecule has 2 heterocycles. The Kier molecular flexibility index (Phi) is 5.05. The van der Waals surface area contributed by atoms with E-state index in [-0.39, 0.29) is 0 Å². The minimum atomic E-state index is -3.73. The number of benzene rings is 2. The first-order valence-electron chi connectivity index (χ1n) is 8.92. The zero-order valence-electron chi connectivity index (χ0n) is 15.7. The van der Waals surface area contributed by atoms with E-state index in [1.807, 2.05) is 71.4 Å². The summed E-state index contributed by atoms with van der Waals surface area (Å²) in [4.78, 5) is 4.58. The van der Waals surface area contributed by atoms with Crippen LogP contribution in [0, 0.1) is 0 Å². The van der Waals surface area contributed by atoms with Gasteiger partial charge in [0.05, 0.1) is 23.9 Å². The van der Waals surface area contributed by atoms with E-state index in [9.17, 15) is 8.42 Å².